The van der Waals surface area contributed by atoms with E-state index in [-0.39, 0.29) is 0 Å². The third-order valence-corrected chi connectivity index (χ3v) is 15.5. The quantitative estimate of drug-likeness (QED) is 0.163. The van der Waals surface area contributed by atoms with Crippen LogP contribution < -0.4 is 0 Å². The number of para-hydroxylation sites is 3. The molecule has 14 aromatic rings. The number of nitrogens with zero attached hydrogens (tertiary/aromatic N) is 2. The lowest BCUT2D eigenvalue weighted by Gasteiger charge is -2.11. The summed E-state index contributed by atoms with van der Waals surface area (Å²) in [5.74, 6) is 0. The van der Waals surface area contributed by atoms with E-state index < -0.39 is 0 Å². The molecule has 0 amide bonds. The van der Waals surface area contributed by atoms with Crippen molar-refractivity contribution in [2.45, 2.75) is 0 Å². The molecule has 0 aliphatic heterocycles. The summed E-state index contributed by atoms with van der Waals surface area (Å²) in [7, 11) is 0. The molecule has 2 heterocycles. The standard InChI is InChI=1S/C68H40N2/c1-3-15-49(16-4-1)69-63-23-8-7-19-53(63)60-37-44(27-32-64(60)69)42-25-30-52-59(35-42)57-22-11-14-47-34-48(39-62(52)68(47)57)45-28-33-65-61(38-45)54-31-26-46(40-66(54)70(65)50-17-5-2-6-18-50)43-24-29-51-55-20-9-12-41-13-10-21-56(67(41)55)58(51)36-43/h1-40H. The van der Waals surface area contributed by atoms with Gasteiger partial charge in [0.2, 0.25) is 0 Å². The van der Waals surface area contributed by atoms with Crippen molar-refractivity contribution in [2.24, 2.45) is 0 Å². The second kappa shape index (κ2) is 14.1. The summed E-state index contributed by atoms with van der Waals surface area (Å²) in [6, 6.07) is 90.6. The summed E-state index contributed by atoms with van der Waals surface area (Å²) >= 11 is 0. The summed E-state index contributed by atoms with van der Waals surface area (Å²) in [6.07, 6.45) is 0. The smallest absolute Gasteiger partial charge is 0.0547 e. The van der Waals surface area contributed by atoms with E-state index in [1.165, 1.54) is 149 Å². The molecule has 2 heteroatoms. The Kier molecular flexibility index (Phi) is 7.64. The molecule has 2 aliphatic rings. The third kappa shape index (κ3) is 5.28. The van der Waals surface area contributed by atoms with E-state index in [9.17, 15) is 0 Å². The Morgan fingerprint density at radius 3 is 1.30 bits per heavy atom. The Hall–Kier alpha value is -9.24. The van der Waals surface area contributed by atoms with Crippen LogP contribution in [-0.2, 0) is 0 Å². The molecule has 2 nitrogen and oxygen atoms in total. The molecule has 0 saturated carbocycles. The van der Waals surface area contributed by atoms with Crippen LogP contribution in [0.2, 0.25) is 0 Å². The van der Waals surface area contributed by atoms with Crippen LogP contribution in [-0.4, -0.2) is 9.13 Å². The van der Waals surface area contributed by atoms with E-state index in [1.807, 2.05) is 0 Å². The average molecular weight is 885 g/mol. The lowest BCUT2D eigenvalue weighted by molar-refractivity contribution is 1.18. The zero-order valence-electron chi connectivity index (χ0n) is 38.0. The highest BCUT2D eigenvalue weighted by Crippen LogP contribution is 2.52. The van der Waals surface area contributed by atoms with Crippen molar-refractivity contribution >= 4 is 65.2 Å². The number of fused-ring (bicyclic) bond motifs is 12. The molecule has 2 aromatic heterocycles. The fourth-order valence-electron chi connectivity index (χ4n) is 12.4. The van der Waals surface area contributed by atoms with Gasteiger partial charge in [-0.3, -0.25) is 0 Å². The van der Waals surface area contributed by atoms with Gasteiger partial charge < -0.3 is 9.13 Å². The molecule has 0 unspecified atom stereocenters. The minimum atomic E-state index is 1.16. The van der Waals surface area contributed by atoms with E-state index in [1.54, 1.807) is 0 Å². The second-order valence-electron chi connectivity index (χ2n) is 19.2. The predicted octanol–water partition coefficient (Wildman–Crippen LogP) is 18.5. The van der Waals surface area contributed by atoms with Gasteiger partial charge in [0.25, 0.3) is 0 Å². The first kappa shape index (κ1) is 37.8. The molecule has 12 aromatic carbocycles. The third-order valence-electron chi connectivity index (χ3n) is 15.5. The number of hydrogen-bond donors (Lipinski definition) is 0. The maximum absolute atomic E-state index is 2.45. The molecule has 0 N–H and O–H groups in total. The van der Waals surface area contributed by atoms with Crippen molar-refractivity contribution in [1.82, 2.24) is 9.13 Å². The highest BCUT2D eigenvalue weighted by molar-refractivity contribution is 6.19. The first-order valence-electron chi connectivity index (χ1n) is 24.3. The van der Waals surface area contributed by atoms with Crippen LogP contribution in [0.1, 0.15) is 0 Å². The number of aromatic nitrogens is 2. The number of hydrogen-bond acceptors (Lipinski definition) is 0. The Bertz CT molecular complexity index is 4560. The zero-order valence-corrected chi connectivity index (χ0v) is 38.0. The first-order valence-corrected chi connectivity index (χ1v) is 24.3. The lowest BCUT2D eigenvalue weighted by Crippen LogP contribution is -1.93. The normalized spacial score (nSPS) is 12.3. The van der Waals surface area contributed by atoms with E-state index >= 15 is 0 Å². The van der Waals surface area contributed by atoms with Gasteiger partial charge in [-0.15, -0.1) is 0 Å². The van der Waals surface area contributed by atoms with Gasteiger partial charge in [0.05, 0.1) is 22.1 Å². The summed E-state index contributed by atoms with van der Waals surface area (Å²) in [5.41, 5.74) is 25.0. The Balaban J connectivity index is 0.807. The van der Waals surface area contributed by atoms with Crippen molar-refractivity contribution in [3.8, 4) is 89.3 Å². The summed E-state index contributed by atoms with van der Waals surface area (Å²) in [4.78, 5) is 0. The lowest BCUT2D eigenvalue weighted by atomic mass is 9.94. The molecule has 0 saturated heterocycles. The highest BCUT2D eigenvalue weighted by Gasteiger charge is 2.25. The number of benzene rings is 12. The molecule has 0 bridgehead atoms. The largest absolute Gasteiger partial charge is 0.309 e. The zero-order chi connectivity index (χ0) is 45.6. The van der Waals surface area contributed by atoms with E-state index in [2.05, 4.69) is 252 Å². The molecule has 322 valence electrons. The van der Waals surface area contributed by atoms with Gasteiger partial charge in [0.15, 0.2) is 0 Å². The topological polar surface area (TPSA) is 9.86 Å². The predicted molar refractivity (Wildman–Crippen MR) is 295 cm³/mol. The van der Waals surface area contributed by atoms with E-state index in [4.69, 9.17) is 0 Å². The molecule has 70 heavy (non-hydrogen) atoms. The number of rotatable bonds is 5. The van der Waals surface area contributed by atoms with Gasteiger partial charge in [-0.05, 0) is 184 Å². The van der Waals surface area contributed by atoms with Gasteiger partial charge in [0.1, 0.15) is 0 Å². The van der Waals surface area contributed by atoms with Crippen molar-refractivity contribution in [3.63, 3.8) is 0 Å². The minimum Gasteiger partial charge on any atom is -0.309 e. The van der Waals surface area contributed by atoms with Crippen LogP contribution in [0, 0.1) is 0 Å². The van der Waals surface area contributed by atoms with E-state index in [0.29, 0.717) is 0 Å². The van der Waals surface area contributed by atoms with Crippen LogP contribution in [0.25, 0.3) is 154 Å². The van der Waals surface area contributed by atoms with Crippen molar-refractivity contribution in [2.75, 3.05) is 0 Å². The molecular weight excluding hydrogens is 845 g/mol. The fourth-order valence-corrected chi connectivity index (χ4v) is 12.4. The second-order valence-corrected chi connectivity index (χ2v) is 19.2. The molecule has 16 rings (SSSR count). The van der Waals surface area contributed by atoms with Crippen LogP contribution in [0.3, 0.4) is 0 Å². The monoisotopic (exact) mass is 884 g/mol. The summed E-state index contributed by atoms with van der Waals surface area (Å²) in [6.45, 7) is 0. The van der Waals surface area contributed by atoms with Gasteiger partial charge in [-0.25, -0.2) is 0 Å². The Morgan fingerprint density at radius 1 is 0.200 bits per heavy atom. The van der Waals surface area contributed by atoms with Crippen molar-refractivity contribution in [3.05, 3.63) is 243 Å². The van der Waals surface area contributed by atoms with Gasteiger partial charge in [0, 0.05) is 32.9 Å². The van der Waals surface area contributed by atoms with E-state index in [0.717, 1.165) is 5.69 Å². The first-order chi connectivity index (χ1) is 34.7. The van der Waals surface area contributed by atoms with Gasteiger partial charge in [-0.1, -0.05) is 158 Å². The SMILES string of the molecule is c1ccc(-n2c3ccccc3c3cc(-c4ccc5c(c4)-c4cccc6cc(-c7ccc8c(c7)c7ccc(-c9ccc%10c(c9)-c9cccc%11cccc-%10c9%11)cc7n8-c7ccccc7)cc-5c46)ccc32)cc1. The maximum Gasteiger partial charge on any atom is 0.0547 e. The fraction of sp³-hybridized carbons (Fsp3) is 0. The van der Waals surface area contributed by atoms with Crippen molar-refractivity contribution in [1.29, 1.82) is 0 Å². The van der Waals surface area contributed by atoms with Crippen molar-refractivity contribution < 1.29 is 0 Å². The van der Waals surface area contributed by atoms with Gasteiger partial charge in [-0.2, -0.15) is 0 Å². The summed E-state index contributed by atoms with van der Waals surface area (Å²) in [5, 5.41) is 10.3. The molecule has 0 fully saturated rings. The van der Waals surface area contributed by atoms with Crippen LogP contribution in [0.5, 0.6) is 0 Å². The molecular formula is C68H40N2. The molecule has 0 atom stereocenters. The highest BCUT2D eigenvalue weighted by atomic mass is 15.0. The Labute approximate surface area is 404 Å². The Morgan fingerprint density at radius 2 is 0.643 bits per heavy atom. The molecule has 0 radical (unpaired) electrons. The minimum absolute atomic E-state index is 1.16. The van der Waals surface area contributed by atoms with Crippen LogP contribution in [0.4, 0.5) is 0 Å². The maximum atomic E-state index is 2.45. The van der Waals surface area contributed by atoms with Crippen LogP contribution >= 0.6 is 0 Å². The average Bonchev–Trinajstić information content (AvgIpc) is 4.14. The molecule has 2 aliphatic carbocycles. The summed E-state index contributed by atoms with van der Waals surface area (Å²) < 4.78 is 4.83. The molecule has 0 spiro atoms. The van der Waals surface area contributed by atoms with Crippen LogP contribution in [0.15, 0.2) is 243 Å². The van der Waals surface area contributed by atoms with Gasteiger partial charge >= 0.3 is 0 Å².